The largest absolute Gasteiger partial charge is 0.0885 e. The molecule has 0 spiro atoms. The lowest BCUT2D eigenvalue weighted by molar-refractivity contribution is 0.673. The van der Waals surface area contributed by atoms with Gasteiger partial charge in [-0.2, -0.15) is 0 Å². The monoisotopic (exact) mass is 207 g/mol. The zero-order valence-corrected chi connectivity index (χ0v) is 10.6. The molecular weight excluding hydrogens is 180 g/mol. The zero-order valence-electron chi connectivity index (χ0n) is 10.6. The lowest BCUT2D eigenvalue weighted by Gasteiger charge is -1.93. The third-order valence-corrected chi connectivity index (χ3v) is 2.42. The van der Waals surface area contributed by atoms with Crippen molar-refractivity contribution in [2.45, 2.75) is 71.6 Å². The van der Waals surface area contributed by atoms with Gasteiger partial charge in [-0.05, 0) is 38.2 Å². The van der Waals surface area contributed by atoms with E-state index in [1.165, 1.54) is 44.9 Å². The van der Waals surface area contributed by atoms with E-state index in [1.807, 2.05) is 0 Å². The van der Waals surface area contributed by atoms with Crippen molar-refractivity contribution < 1.29 is 0 Å². The van der Waals surface area contributed by atoms with Gasteiger partial charge in [0.2, 0.25) is 0 Å². The summed E-state index contributed by atoms with van der Waals surface area (Å²) < 4.78 is 0. The smallest absolute Gasteiger partial charge is 0.0245 e. The Morgan fingerprint density at radius 1 is 0.800 bits per heavy atom. The van der Waals surface area contributed by atoms with Crippen molar-refractivity contribution in [3.05, 3.63) is 24.3 Å². The van der Waals surface area contributed by atoms with Gasteiger partial charge in [0.1, 0.15) is 0 Å². The lowest BCUT2D eigenvalue weighted by Crippen LogP contribution is -1.74. The van der Waals surface area contributed by atoms with Gasteiger partial charge in [0, 0.05) is 0 Å². The Hall–Kier alpha value is -0.520. The van der Waals surface area contributed by atoms with Gasteiger partial charge in [-0.3, -0.25) is 0 Å². The first kappa shape index (κ1) is 14.5. The Kier molecular flexibility index (Phi) is 13.0. The van der Waals surface area contributed by atoms with Crippen LogP contribution in [0.15, 0.2) is 18.2 Å². The minimum Gasteiger partial charge on any atom is -0.0885 e. The zero-order chi connectivity index (χ0) is 11.2. The van der Waals surface area contributed by atoms with Crippen LogP contribution in [0.4, 0.5) is 0 Å². The van der Waals surface area contributed by atoms with Crippen LogP contribution in [-0.4, -0.2) is 0 Å². The molecule has 0 heteroatoms. The molecule has 0 aromatic carbocycles. The fourth-order valence-corrected chi connectivity index (χ4v) is 1.45. The molecule has 0 saturated carbocycles. The first-order valence-corrected chi connectivity index (χ1v) is 6.61. The second kappa shape index (κ2) is 13.5. The number of hydrogen-bond donors (Lipinski definition) is 0. The van der Waals surface area contributed by atoms with E-state index in [2.05, 4.69) is 38.2 Å². The number of allylic oxidation sites excluding steroid dienone is 4. The average Bonchev–Trinajstić information content (AvgIpc) is 2.26. The summed E-state index contributed by atoms with van der Waals surface area (Å²) in [6.45, 7) is 4.47. The highest BCUT2D eigenvalue weighted by Gasteiger charge is 1.84. The van der Waals surface area contributed by atoms with Crippen LogP contribution in [0.2, 0.25) is 0 Å². The summed E-state index contributed by atoms with van der Waals surface area (Å²) in [6.07, 6.45) is 21.5. The van der Waals surface area contributed by atoms with Gasteiger partial charge in [0.15, 0.2) is 0 Å². The molecule has 0 aromatic rings. The van der Waals surface area contributed by atoms with Gasteiger partial charge >= 0.3 is 0 Å². The summed E-state index contributed by atoms with van der Waals surface area (Å²) in [5, 5.41) is 0. The number of hydrogen-bond acceptors (Lipinski definition) is 0. The second-order valence-corrected chi connectivity index (χ2v) is 4.06. The fraction of sp³-hybridized carbons (Fsp3) is 0.733. The summed E-state index contributed by atoms with van der Waals surface area (Å²) in [7, 11) is 0. The molecule has 0 aliphatic carbocycles. The second-order valence-electron chi connectivity index (χ2n) is 4.06. The van der Waals surface area contributed by atoms with Gasteiger partial charge in [-0.15, -0.1) is 0 Å². The van der Waals surface area contributed by atoms with Crippen molar-refractivity contribution >= 4 is 0 Å². The van der Waals surface area contributed by atoms with Crippen LogP contribution in [0, 0.1) is 6.08 Å². The van der Waals surface area contributed by atoms with E-state index >= 15 is 0 Å². The first-order chi connectivity index (χ1) is 7.41. The van der Waals surface area contributed by atoms with Crippen LogP contribution in [-0.2, 0) is 0 Å². The molecule has 87 valence electrons. The summed E-state index contributed by atoms with van der Waals surface area (Å²) in [5.74, 6) is 0. The molecule has 0 heterocycles. The van der Waals surface area contributed by atoms with Gasteiger partial charge in [0.25, 0.3) is 0 Å². The van der Waals surface area contributed by atoms with E-state index in [0.29, 0.717) is 0 Å². The molecule has 0 rings (SSSR count). The summed E-state index contributed by atoms with van der Waals surface area (Å²) in [4.78, 5) is 0. The Balaban J connectivity index is 3.10. The van der Waals surface area contributed by atoms with Crippen LogP contribution in [0.5, 0.6) is 0 Å². The molecule has 0 fully saturated rings. The van der Waals surface area contributed by atoms with Gasteiger partial charge in [0.05, 0.1) is 0 Å². The van der Waals surface area contributed by atoms with Crippen LogP contribution < -0.4 is 0 Å². The Morgan fingerprint density at radius 3 is 2.33 bits per heavy atom. The Labute approximate surface area is 96.5 Å². The molecule has 0 nitrogen and oxygen atoms in total. The molecule has 0 aromatic heterocycles. The average molecular weight is 207 g/mol. The molecule has 0 saturated heterocycles. The topological polar surface area (TPSA) is 0 Å². The van der Waals surface area contributed by atoms with Crippen LogP contribution >= 0.6 is 0 Å². The van der Waals surface area contributed by atoms with Gasteiger partial charge < -0.3 is 0 Å². The maximum Gasteiger partial charge on any atom is -0.0245 e. The summed E-state index contributed by atoms with van der Waals surface area (Å²) in [6, 6.07) is 0. The molecular formula is C15H27. The highest BCUT2D eigenvalue weighted by molar-refractivity contribution is 4.84. The highest BCUT2D eigenvalue weighted by atomic mass is 13.9. The van der Waals surface area contributed by atoms with Crippen molar-refractivity contribution in [3.8, 4) is 0 Å². The minimum atomic E-state index is 1.09. The van der Waals surface area contributed by atoms with Gasteiger partial charge in [-0.1, -0.05) is 57.8 Å². The molecule has 0 aliphatic rings. The number of unbranched alkanes of at least 4 members (excludes halogenated alkanes) is 6. The van der Waals surface area contributed by atoms with Crippen molar-refractivity contribution in [1.82, 2.24) is 0 Å². The fourth-order valence-electron chi connectivity index (χ4n) is 1.45. The standard InChI is InChI=1S/C15H27/c1-3-5-7-9-11-13-15-14-12-10-8-6-4-2/h7,9,14H,3-6,8,10-13H2,1-2H3. The molecule has 0 amide bonds. The third kappa shape index (κ3) is 13.5. The normalized spacial score (nSPS) is 11.9. The maximum atomic E-state index is 3.36. The van der Waals surface area contributed by atoms with Crippen molar-refractivity contribution in [2.75, 3.05) is 0 Å². The van der Waals surface area contributed by atoms with Crippen LogP contribution in [0.25, 0.3) is 0 Å². The van der Waals surface area contributed by atoms with Crippen molar-refractivity contribution in [1.29, 1.82) is 0 Å². The molecule has 0 aliphatic heterocycles. The summed E-state index contributed by atoms with van der Waals surface area (Å²) in [5.41, 5.74) is 0. The van der Waals surface area contributed by atoms with Crippen molar-refractivity contribution in [3.63, 3.8) is 0 Å². The number of rotatable bonds is 10. The van der Waals surface area contributed by atoms with E-state index in [9.17, 15) is 0 Å². The van der Waals surface area contributed by atoms with E-state index in [1.54, 1.807) is 0 Å². The predicted molar refractivity (Wildman–Crippen MR) is 69.9 cm³/mol. The molecule has 15 heavy (non-hydrogen) atoms. The molecule has 1 radical (unpaired) electrons. The lowest BCUT2D eigenvalue weighted by atomic mass is 10.1. The summed E-state index contributed by atoms with van der Waals surface area (Å²) >= 11 is 0. The first-order valence-electron chi connectivity index (χ1n) is 6.61. The SMILES string of the molecule is CCCC=CCC/[C]=C/CCCCCC. The molecule has 0 N–H and O–H groups in total. The Morgan fingerprint density at radius 2 is 1.60 bits per heavy atom. The van der Waals surface area contributed by atoms with E-state index in [0.717, 1.165) is 12.8 Å². The van der Waals surface area contributed by atoms with E-state index in [4.69, 9.17) is 0 Å². The minimum absolute atomic E-state index is 1.09. The molecule has 0 atom stereocenters. The third-order valence-electron chi connectivity index (χ3n) is 2.42. The predicted octanol–water partition coefficient (Wildman–Crippen LogP) is 5.45. The maximum absolute atomic E-state index is 3.36. The highest BCUT2D eigenvalue weighted by Crippen LogP contribution is 2.03. The van der Waals surface area contributed by atoms with E-state index in [-0.39, 0.29) is 0 Å². The van der Waals surface area contributed by atoms with Crippen molar-refractivity contribution in [2.24, 2.45) is 0 Å². The molecule has 0 unspecified atom stereocenters. The molecule has 0 bridgehead atoms. The van der Waals surface area contributed by atoms with E-state index < -0.39 is 0 Å². The quantitative estimate of drug-likeness (QED) is 0.330. The Bertz CT molecular complexity index is 153. The van der Waals surface area contributed by atoms with Crippen LogP contribution in [0.1, 0.15) is 71.6 Å². The van der Waals surface area contributed by atoms with Crippen LogP contribution in [0.3, 0.4) is 0 Å². The van der Waals surface area contributed by atoms with Gasteiger partial charge in [-0.25, -0.2) is 0 Å².